The maximum atomic E-state index is 12.2. The minimum absolute atomic E-state index is 0.121. The summed E-state index contributed by atoms with van der Waals surface area (Å²) in [5.41, 5.74) is 1.85. The Balaban J connectivity index is 1.95. The number of esters is 1. The summed E-state index contributed by atoms with van der Waals surface area (Å²) in [6.45, 7) is 3.95. The Labute approximate surface area is 153 Å². The van der Waals surface area contributed by atoms with E-state index in [9.17, 15) is 9.59 Å². The van der Waals surface area contributed by atoms with Gasteiger partial charge >= 0.3 is 12.1 Å². The van der Waals surface area contributed by atoms with Gasteiger partial charge in [0.1, 0.15) is 6.61 Å². The summed E-state index contributed by atoms with van der Waals surface area (Å²) in [7, 11) is 0. The van der Waals surface area contributed by atoms with Crippen LogP contribution in [0.25, 0.3) is 0 Å². The van der Waals surface area contributed by atoms with Crippen molar-refractivity contribution in [3.63, 3.8) is 0 Å². The Morgan fingerprint density at radius 3 is 2.19 bits per heavy atom. The predicted octanol–water partition coefficient (Wildman–Crippen LogP) is 3.15. The first kappa shape index (κ1) is 19.5. The second-order valence-electron chi connectivity index (χ2n) is 5.69. The fraction of sp³-hybridized carbons (Fsp3) is 0.300. The second kappa shape index (κ2) is 10.2. The Hall–Kier alpha value is -2.86. The highest BCUT2D eigenvalue weighted by Gasteiger charge is 2.24. The number of hydrogen-bond donors (Lipinski definition) is 2. The van der Waals surface area contributed by atoms with Crippen molar-refractivity contribution in [3.05, 3.63) is 71.8 Å². The van der Waals surface area contributed by atoms with Crippen LogP contribution in [0.1, 0.15) is 31.0 Å². The molecule has 0 radical (unpaired) electrons. The molecule has 0 aliphatic carbocycles. The standard InChI is InChI=1S/C20H24N2O4/c1-3-25-19(23)18(21-15(2)17-12-8-5-9-13-17)22-20(24)26-14-16-10-6-4-7-11-16/h4-13,15,18,21H,3,14H2,1-2H3,(H,22,24)/t15-,18+/m0/s1. The van der Waals surface area contributed by atoms with Crippen LogP contribution in [0, 0.1) is 0 Å². The molecule has 0 aliphatic rings. The average Bonchev–Trinajstić information content (AvgIpc) is 2.67. The fourth-order valence-electron chi connectivity index (χ4n) is 2.36. The molecule has 1 amide bonds. The third-order valence-electron chi connectivity index (χ3n) is 3.71. The highest BCUT2D eigenvalue weighted by atomic mass is 16.6. The van der Waals surface area contributed by atoms with E-state index in [0.717, 1.165) is 11.1 Å². The first-order valence-corrected chi connectivity index (χ1v) is 8.55. The Morgan fingerprint density at radius 1 is 0.962 bits per heavy atom. The van der Waals surface area contributed by atoms with Crippen LogP contribution in [0.3, 0.4) is 0 Å². The lowest BCUT2D eigenvalue weighted by atomic mass is 10.1. The molecule has 138 valence electrons. The van der Waals surface area contributed by atoms with E-state index in [2.05, 4.69) is 10.6 Å². The van der Waals surface area contributed by atoms with Crippen molar-refractivity contribution >= 4 is 12.1 Å². The summed E-state index contributed by atoms with van der Waals surface area (Å²) >= 11 is 0. The quantitative estimate of drug-likeness (QED) is 0.561. The van der Waals surface area contributed by atoms with Crippen LogP contribution in [-0.4, -0.2) is 24.8 Å². The number of rotatable bonds is 8. The van der Waals surface area contributed by atoms with Gasteiger partial charge in [0.15, 0.2) is 6.17 Å². The van der Waals surface area contributed by atoms with Crippen LogP contribution in [0.2, 0.25) is 0 Å². The molecule has 0 aliphatic heterocycles. The molecular formula is C20H24N2O4. The molecule has 0 saturated carbocycles. The van der Waals surface area contributed by atoms with Crippen LogP contribution in [0.5, 0.6) is 0 Å². The van der Waals surface area contributed by atoms with Crippen LogP contribution < -0.4 is 10.6 Å². The van der Waals surface area contributed by atoms with E-state index in [1.54, 1.807) is 6.92 Å². The normalized spacial score (nSPS) is 12.7. The molecule has 26 heavy (non-hydrogen) atoms. The zero-order valence-electron chi connectivity index (χ0n) is 15.0. The zero-order valence-corrected chi connectivity index (χ0v) is 15.0. The lowest BCUT2D eigenvalue weighted by Gasteiger charge is -2.23. The Morgan fingerprint density at radius 2 is 1.58 bits per heavy atom. The first-order chi connectivity index (χ1) is 12.6. The van der Waals surface area contributed by atoms with E-state index < -0.39 is 18.2 Å². The lowest BCUT2D eigenvalue weighted by Crippen LogP contribution is -2.52. The topological polar surface area (TPSA) is 76.7 Å². The summed E-state index contributed by atoms with van der Waals surface area (Å²) < 4.78 is 10.2. The molecule has 2 aromatic rings. The van der Waals surface area contributed by atoms with Gasteiger partial charge in [-0.1, -0.05) is 60.7 Å². The van der Waals surface area contributed by atoms with E-state index in [1.165, 1.54) is 0 Å². The summed E-state index contributed by atoms with van der Waals surface area (Å²) in [5.74, 6) is -0.563. The van der Waals surface area contributed by atoms with Crippen molar-refractivity contribution in [1.29, 1.82) is 0 Å². The van der Waals surface area contributed by atoms with Gasteiger partial charge < -0.3 is 9.47 Å². The maximum absolute atomic E-state index is 12.2. The molecule has 6 nitrogen and oxygen atoms in total. The van der Waals surface area contributed by atoms with Gasteiger partial charge in [-0.25, -0.2) is 9.59 Å². The van der Waals surface area contributed by atoms with Gasteiger partial charge in [0.25, 0.3) is 0 Å². The monoisotopic (exact) mass is 356 g/mol. The number of nitrogens with one attached hydrogen (secondary N) is 2. The van der Waals surface area contributed by atoms with Crippen LogP contribution in [0.4, 0.5) is 4.79 Å². The Bertz CT molecular complexity index is 691. The highest BCUT2D eigenvalue weighted by molar-refractivity contribution is 5.81. The molecule has 2 rings (SSSR count). The van der Waals surface area contributed by atoms with Gasteiger partial charge in [-0.15, -0.1) is 0 Å². The molecule has 0 heterocycles. The molecular weight excluding hydrogens is 332 g/mol. The van der Waals surface area contributed by atoms with Gasteiger partial charge in [-0.05, 0) is 25.0 Å². The van der Waals surface area contributed by atoms with Gasteiger partial charge in [-0.2, -0.15) is 0 Å². The fourth-order valence-corrected chi connectivity index (χ4v) is 2.36. The predicted molar refractivity (Wildman–Crippen MR) is 98.2 cm³/mol. The van der Waals surface area contributed by atoms with Gasteiger partial charge in [0, 0.05) is 6.04 Å². The van der Waals surface area contributed by atoms with Crippen LogP contribution >= 0.6 is 0 Å². The third kappa shape index (κ3) is 6.22. The molecule has 0 spiro atoms. The number of benzene rings is 2. The van der Waals surface area contributed by atoms with E-state index in [1.807, 2.05) is 67.6 Å². The van der Waals surface area contributed by atoms with Crippen LogP contribution in [-0.2, 0) is 20.9 Å². The minimum atomic E-state index is -1.01. The summed E-state index contributed by atoms with van der Waals surface area (Å²) in [6, 6.07) is 18.8. The van der Waals surface area contributed by atoms with E-state index in [4.69, 9.17) is 9.47 Å². The molecule has 0 bridgehead atoms. The van der Waals surface area contributed by atoms with Crippen molar-refractivity contribution < 1.29 is 19.1 Å². The van der Waals surface area contributed by atoms with E-state index >= 15 is 0 Å². The van der Waals surface area contributed by atoms with Gasteiger partial charge in [-0.3, -0.25) is 10.6 Å². The van der Waals surface area contributed by atoms with Crippen molar-refractivity contribution in [2.75, 3.05) is 6.61 Å². The average molecular weight is 356 g/mol. The zero-order chi connectivity index (χ0) is 18.8. The van der Waals surface area contributed by atoms with Crippen molar-refractivity contribution in [1.82, 2.24) is 10.6 Å². The third-order valence-corrected chi connectivity index (χ3v) is 3.71. The number of amides is 1. The lowest BCUT2D eigenvalue weighted by molar-refractivity contribution is -0.146. The Kier molecular flexibility index (Phi) is 7.64. The second-order valence-corrected chi connectivity index (χ2v) is 5.69. The number of carbonyl (C=O) groups is 2. The molecule has 2 atom stereocenters. The molecule has 2 N–H and O–H groups in total. The summed E-state index contributed by atoms with van der Waals surface area (Å²) in [4.78, 5) is 24.2. The number of alkyl carbamates (subject to hydrolysis) is 1. The number of carbonyl (C=O) groups excluding carboxylic acids is 2. The van der Waals surface area contributed by atoms with Gasteiger partial charge in [0.2, 0.25) is 0 Å². The summed E-state index contributed by atoms with van der Waals surface area (Å²) in [5, 5.41) is 5.59. The number of ether oxygens (including phenoxy) is 2. The maximum Gasteiger partial charge on any atom is 0.409 e. The minimum Gasteiger partial charge on any atom is -0.463 e. The SMILES string of the molecule is CCOC(=O)[C@@H](NC(=O)OCc1ccccc1)N[C@@H](C)c1ccccc1. The van der Waals surface area contributed by atoms with Crippen molar-refractivity contribution in [2.24, 2.45) is 0 Å². The van der Waals surface area contributed by atoms with Crippen molar-refractivity contribution in [3.8, 4) is 0 Å². The molecule has 6 heteroatoms. The van der Waals surface area contributed by atoms with Crippen LogP contribution in [0.15, 0.2) is 60.7 Å². The van der Waals surface area contributed by atoms with E-state index in [-0.39, 0.29) is 19.3 Å². The van der Waals surface area contributed by atoms with Crippen molar-refractivity contribution in [2.45, 2.75) is 32.7 Å². The number of hydrogen-bond acceptors (Lipinski definition) is 5. The smallest absolute Gasteiger partial charge is 0.409 e. The molecule has 0 fully saturated rings. The molecule has 0 aromatic heterocycles. The first-order valence-electron chi connectivity index (χ1n) is 8.55. The largest absolute Gasteiger partial charge is 0.463 e. The molecule has 2 aromatic carbocycles. The highest BCUT2D eigenvalue weighted by Crippen LogP contribution is 2.12. The molecule has 0 saturated heterocycles. The molecule has 0 unspecified atom stereocenters. The summed E-state index contributed by atoms with van der Waals surface area (Å²) in [6.07, 6.45) is -1.70. The van der Waals surface area contributed by atoms with Gasteiger partial charge in [0.05, 0.1) is 6.61 Å². The van der Waals surface area contributed by atoms with E-state index in [0.29, 0.717) is 0 Å².